The van der Waals surface area contributed by atoms with Gasteiger partial charge in [0.25, 0.3) is 0 Å². The van der Waals surface area contributed by atoms with Gasteiger partial charge in [-0.15, -0.1) is 11.3 Å². The summed E-state index contributed by atoms with van der Waals surface area (Å²) in [7, 11) is 0. The second-order valence-corrected chi connectivity index (χ2v) is 7.03. The zero-order valence-corrected chi connectivity index (χ0v) is 12.4. The van der Waals surface area contributed by atoms with Crippen molar-refractivity contribution in [2.24, 2.45) is 0 Å². The van der Waals surface area contributed by atoms with Crippen LogP contribution in [-0.2, 0) is 6.42 Å². The molecule has 0 saturated heterocycles. The summed E-state index contributed by atoms with van der Waals surface area (Å²) < 4.78 is 1.34. The zero-order chi connectivity index (χ0) is 11.3. The van der Waals surface area contributed by atoms with Gasteiger partial charge in [-0.05, 0) is 63.4 Å². The van der Waals surface area contributed by atoms with E-state index >= 15 is 0 Å². The topological polar surface area (TPSA) is 0 Å². The summed E-state index contributed by atoms with van der Waals surface area (Å²) in [6.07, 6.45) is 1.14. The molecule has 0 aliphatic heterocycles. The molecule has 0 spiro atoms. The second kappa shape index (κ2) is 3.84. The monoisotopic (exact) mass is 340 g/mol. The quantitative estimate of drug-likeness (QED) is 0.544. The largest absolute Gasteiger partial charge is 0.144 e. The maximum atomic E-state index is 2.39. The van der Waals surface area contributed by atoms with Gasteiger partial charge in [0, 0.05) is 19.7 Å². The average molecular weight is 340 g/mol. The Morgan fingerprint density at radius 3 is 2.75 bits per heavy atom. The van der Waals surface area contributed by atoms with Crippen molar-refractivity contribution in [3.8, 4) is 11.1 Å². The highest BCUT2D eigenvalue weighted by Gasteiger charge is 2.22. The third kappa shape index (κ3) is 1.63. The third-order valence-corrected chi connectivity index (χ3v) is 5.21. The summed E-state index contributed by atoms with van der Waals surface area (Å²) in [5.74, 6) is 0.655. The standard InChI is InChI=1S/C14H13IS/c1-8(2)13-7-12-11-4-3-10(15)5-9(11)6-14(12)16-13/h3-5,7-8H,6H2,1-2H3. The number of hydrogen-bond donors (Lipinski definition) is 0. The first-order chi connectivity index (χ1) is 7.65. The van der Waals surface area contributed by atoms with Gasteiger partial charge in [-0.25, -0.2) is 0 Å². The fourth-order valence-electron chi connectivity index (χ4n) is 2.24. The van der Waals surface area contributed by atoms with E-state index in [4.69, 9.17) is 0 Å². The number of halogens is 1. The van der Waals surface area contributed by atoms with Crippen molar-refractivity contribution in [2.75, 3.05) is 0 Å². The van der Waals surface area contributed by atoms with Gasteiger partial charge in [0.2, 0.25) is 0 Å². The molecule has 16 heavy (non-hydrogen) atoms. The number of benzene rings is 1. The molecule has 0 atom stereocenters. The Balaban J connectivity index is 2.13. The Hall–Kier alpha value is -0.350. The SMILES string of the molecule is CC(C)c1cc2c(s1)Cc1cc(I)ccc1-2. The van der Waals surface area contributed by atoms with Crippen LogP contribution in [0.3, 0.4) is 0 Å². The third-order valence-electron chi connectivity index (χ3n) is 3.11. The van der Waals surface area contributed by atoms with Gasteiger partial charge in [-0.3, -0.25) is 0 Å². The predicted molar refractivity (Wildman–Crippen MR) is 79.4 cm³/mol. The Labute approximate surface area is 114 Å². The van der Waals surface area contributed by atoms with E-state index in [-0.39, 0.29) is 0 Å². The van der Waals surface area contributed by atoms with Crippen LogP contribution in [0.2, 0.25) is 0 Å². The molecule has 2 aromatic rings. The Morgan fingerprint density at radius 2 is 2.00 bits per heavy atom. The molecule has 1 aromatic heterocycles. The molecule has 1 aliphatic carbocycles. The summed E-state index contributed by atoms with van der Waals surface area (Å²) in [6, 6.07) is 9.20. The molecule has 0 unspecified atom stereocenters. The van der Waals surface area contributed by atoms with Gasteiger partial charge in [0.15, 0.2) is 0 Å². The minimum absolute atomic E-state index is 0.655. The van der Waals surface area contributed by atoms with Crippen LogP contribution in [0.1, 0.15) is 35.1 Å². The average Bonchev–Trinajstić information content (AvgIpc) is 2.73. The van der Waals surface area contributed by atoms with E-state index in [9.17, 15) is 0 Å². The molecule has 0 amide bonds. The molecular formula is C14H13IS. The van der Waals surface area contributed by atoms with Gasteiger partial charge in [-0.2, -0.15) is 0 Å². The fraction of sp³-hybridized carbons (Fsp3) is 0.286. The predicted octanol–water partition coefficient (Wildman–Crippen LogP) is 5.05. The molecule has 82 valence electrons. The van der Waals surface area contributed by atoms with Gasteiger partial charge in [-0.1, -0.05) is 19.9 Å². The first-order valence-electron chi connectivity index (χ1n) is 5.56. The van der Waals surface area contributed by atoms with Gasteiger partial charge in [0.1, 0.15) is 0 Å². The second-order valence-electron chi connectivity index (χ2n) is 4.62. The van der Waals surface area contributed by atoms with Gasteiger partial charge >= 0.3 is 0 Å². The fourth-order valence-corrected chi connectivity index (χ4v) is 4.00. The zero-order valence-electron chi connectivity index (χ0n) is 9.38. The molecule has 1 aromatic carbocycles. The summed E-state index contributed by atoms with van der Waals surface area (Å²) in [4.78, 5) is 3.08. The molecule has 0 N–H and O–H groups in total. The van der Waals surface area contributed by atoms with E-state index in [1.807, 2.05) is 11.3 Å². The van der Waals surface area contributed by atoms with Crippen molar-refractivity contribution in [1.82, 2.24) is 0 Å². The van der Waals surface area contributed by atoms with Crippen molar-refractivity contribution < 1.29 is 0 Å². The minimum atomic E-state index is 0.655. The van der Waals surface area contributed by atoms with Crippen molar-refractivity contribution in [3.63, 3.8) is 0 Å². The Bertz CT molecular complexity index is 552. The van der Waals surface area contributed by atoms with E-state index < -0.39 is 0 Å². The Kier molecular flexibility index (Phi) is 2.59. The molecule has 1 aliphatic rings. The van der Waals surface area contributed by atoms with Crippen LogP contribution in [-0.4, -0.2) is 0 Å². The molecule has 0 nitrogen and oxygen atoms in total. The number of rotatable bonds is 1. The lowest BCUT2D eigenvalue weighted by molar-refractivity contribution is 0.890. The highest BCUT2D eigenvalue weighted by atomic mass is 127. The lowest BCUT2D eigenvalue weighted by Crippen LogP contribution is -1.83. The maximum Gasteiger partial charge on any atom is 0.0171 e. The lowest BCUT2D eigenvalue weighted by atomic mass is 10.1. The number of fused-ring (bicyclic) bond motifs is 3. The molecule has 2 heteroatoms. The van der Waals surface area contributed by atoms with E-state index in [1.165, 1.54) is 25.1 Å². The minimum Gasteiger partial charge on any atom is -0.144 e. The molecular weight excluding hydrogens is 327 g/mol. The maximum absolute atomic E-state index is 2.39. The van der Waals surface area contributed by atoms with Crippen LogP contribution in [0.25, 0.3) is 11.1 Å². The van der Waals surface area contributed by atoms with Crippen LogP contribution in [0, 0.1) is 3.57 Å². The van der Waals surface area contributed by atoms with Crippen molar-refractivity contribution >= 4 is 33.9 Å². The van der Waals surface area contributed by atoms with Crippen LogP contribution >= 0.6 is 33.9 Å². The number of thiophene rings is 1. The summed E-state index contributed by atoms with van der Waals surface area (Å²) in [6.45, 7) is 4.55. The normalized spacial score (nSPS) is 13.0. The van der Waals surface area contributed by atoms with Crippen molar-refractivity contribution in [1.29, 1.82) is 0 Å². The molecule has 0 fully saturated rings. The first-order valence-corrected chi connectivity index (χ1v) is 7.46. The van der Waals surface area contributed by atoms with Gasteiger partial charge in [0.05, 0.1) is 0 Å². The molecule has 0 bridgehead atoms. The highest BCUT2D eigenvalue weighted by molar-refractivity contribution is 14.1. The first kappa shape index (κ1) is 10.8. The van der Waals surface area contributed by atoms with Crippen LogP contribution in [0.15, 0.2) is 24.3 Å². The van der Waals surface area contributed by atoms with E-state index in [0.29, 0.717) is 5.92 Å². The summed E-state index contributed by atoms with van der Waals surface area (Å²) in [5, 5.41) is 0. The smallest absolute Gasteiger partial charge is 0.0171 e. The lowest BCUT2D eigenvalue weighted by Gasteiger charge is -2.02. The van der Waals surface area contributed by atoms with Crippen LogP contribution in [0.4, 0.5) is 0 Å². The van der Waals surface area contributed by atoms with Crippen LogP contribution < -0.4 is 0 Å². The van der Waals surface area contributed by atoms with Crippen molar-refractivity contribution in [2.45, 2.75) is 26.2 Å². The van der Waals surface area contributed by atoms with Gasteiger partial charge < -0.3 is 0 Å². The summed E-state index contributed by atoms with van der Waals surface area (Å²) in [5.41, 5.74) is 4.45. The van der Waals surface area contributed by atoms with E-state index in [0.717, 1.165) is 6.42 Å². The van der Waals surface area contributed by atoms with E-state index in [2.05, 4.69) is 60.7 Å². The molecule has 0 radical (unpaired) electrons. The van der Waals surface area contributed by atoms with E-state index in [1.54, 1.807) is 4.88 Å². The molecule has 3 rings (SSSR count). The Morgan fingerprint density at radius 1 is 1.19 bits per heavy atom. The highest BCUT2D eigenvalue weighted by Crippen LogP contribution is 2.43. The molecule has 0 saturated carbocycles. The van der Waals surface area contributed by atoms with Crippen LogP contribution in [0.5, 0.6) is 0 Å². The summed E-state index contributed by atoms with van der Waals surface area (Å²) >= 11 is 4.38. The molecule has 1 heterocycles. The number of hydrogen-bond acceptors (Lipinski definition) is 1. The van der Waals surface area contributed by atoms with Crippen molar-refractivity contribution in [3.05, 3.63) is 43.2 Å².